The molecule has 20 heavy (non-hydrogen) atoms. The van der Waals surface area contributed by atoms with Gasteiger partial charge in [0.1, 0.15) is 5.65 Å². The van der Waals surface area contributed by atoms with Gasteiger partial charge in [-0.2, -0.15) is 0 Å². The van der Waals surface area contributed by atoms with Crippen molar-refractivity contribution in [3.8, 4) is 11.1 Å². The summed E-state index contributed by atoms with van der Waals surface area (Å²) >= 11 is 0. The average molecular weight is 263 g/mol. The van der Waals surface area contributed by atoms with Crippen molar-refractivity contribution in [1.29, 1.82) is 0 Å². The second-order valence-corrected chi connectivity index (χ2v) is 4.37. The molecule has 0 bridgehead atoms. The highest BCUT2D eigenvalue weighted by Gasteiger charge is 2.06. The van der Waals surface area contributed by atoms with Crippen LogP contribution in [0.15, 0.2) is 61.4 Å². The van der Waals surface area contributed by atoms with Gasteiger partial charge in [-0.3, -0.25) is 4.79 Å². The van der Waals surface area contributed by atoms with Crippen molar-refractivity contribution >= 4 is 22.6 Å². The molecule has 0 aliphatic heterocycles. The fraction of sp³-hybridized carbons (Fsp3) is 0. The first-order valence-corrected chi connectivity index (χ1v) is 6.24. The molecule has 0 saturated heterocycles. The van der Waals surface area contributed by atoms with Crippen molar-refractivity contribution in [2.24, 2.45) is 0 Å². The molecule has 0 radical (unpaired) electrons. The van der Waals surface area contributed by atoms with E-state index in [2.05, 4.69) is 21.9 Å². The summed E-state index contributed by atoms with van der Waals surface area (Å²) in [5.74, 6) is -0.219. The molecule has 98 valence electrons. The van der Waals surface area contributed by atoms with Crippen LogP contribution in [0.3, 0.4) is 0 Å². The SMILES string of the molecule is C=CC(=O)Nc1cccc(-c2ccnc3[nH]ccc23)c1. The zero-order valence-corrected chi connectivity index (χ0v) is 10.8. The molecular weight excluding hydrogens is 250 g/mol. The van der Waals surface area contributed by atoms with Crippen LogP contribution in [-0.4, -0.2) is 15.9 Å². The van der Waals surface area contributed by atoms with E-state index in [-0.39, 0.29) is 5.91 Å². The molecule has 3 aromatic rings. The zero-order chi connectivity index (χ0) is 13.9. The van der Waals surface area contributed by atoms with E-state index in [1.54, 1.807) is 6.20 Å². The molecule has 0 saturated carbocycles. The molecule has 4 nitrogen and oxygen atoms in total. The molecular formula is C16H13N3O. The molecule has 0 atom stereocenters. The lowest BCUT2D eigenvalue weighted by Crippen LogP contribution is -2.06. The Bertz CT molecular complexity index is 789. The molecule has 2 N–H and O–H groups in total. The Kier molecular flexibility index (Phi) is 3.05. The maximum atomic E-state index is 11.4. The van der Waals surface area contributed by atoms with E-state index in [9.17, 15) is 4.79 Å². The van der Waals surface area contributed by atoms with Gasteiger partial charge in [0.2, 0.25) is 5.91 Å². The Morgan fingerprint density at radius 3 is 3.05 bits per heavy atom. The van der Waals surface area contributed by atoms with E-state index >= 15 is 0 Å². The number of nitrogens with one attached hydrogen (secondary N) is 2. The molecule has 0 aliphatic carbocycles. The number of nitrogens with zero attached hydrogens (tertiary/aromatic N) is 1. The molecule has 2 aromatic heterocycles. The predicted molar refractivity (Wildman–Crippen MR) is 80.4 cm³/mol. The minimum absolute atomic E-state index is 0.219. The number of H-pyrrole nitrogens is 1. The van der Waals surface area contributed by atoms with Gasteiger partial charge in [0.25, 0.3) is 0 Å². The van der Waals surface area contributed by atoms with Crippen LogP contribution in [0, 0.1) is 0 Å². The van der Waals surface area contributed by atoms with Crippen molar-refractivity contribution in [1.82, 2.24) is 9.97 Å². The third-order valence-electron chi connectivity index (χ3n) is 3.09. The first kappa shape index (κ1) is 12.2. The van der Waals surface area contributed by atoms with Crippen LogP contribution < -0.4 is 5.32 Å². The minimum Gasteiger partial charge on any atom is -0.346 e. The fourth-order valence-electron chi connectivity index (χ4n) is 2.17. The summed E-state index contributed by atoms with van der Waals surface area (Å²) < 4.78 is 0. The fourth-order valence-corrected chi connectivity index (χ4v) is 2.17. The number of hydrogen-bond donors (Lipinski definition) is 2. The van der Waals surface area contributed by atoms with Gasteiger partial charge >= 0.3 is 0 Å². The van der Waals surface area contributed by atoms with Crippen molar-refractivity contribution in [3.05, 3.63) is 61.4 Å². The van der Waals surface area contributed by atoms with Gasteiger partial charge in [-0.15, -0.1) is 0 Å². The van der Waals surface area contributed by atoms with Crippen LogP contribution in [-0.2, 0) is 4.79 Å². The number of fused-ring (bicyclic) bond motifs is 1. The summed E-state index contributed by atoms with van der Waals surface area (Å²) in [7, 11) is 0. The predicted octanol–water partition coefficient (Wildman–Crippen LogP) is 3.35. The smallest absolute Gasteiger partial charge is 0.247 e. The number of rotatable bonds is 3. The summed E-state index contributed by atoms with van der Waals surface area (Å²) in [6.45, 7) is 3.45. The Balaban J connectivity index is 2.06. The van der Waals surface area contributed by atoms with Gasteiger partial charge in [0, 0.05) is 23.5 Å². The van der Waals surface area contributed by atoms with Gasteiger partial charge < -0.3 is 10.3 Å². The Hall–Kier alpha value is -2.88. The number of pyridine rings is 1. The van der Waals surface area contributed by atoms with E-state index in [1.165, 1.54) is 6.08 Å². The highest BCUT2D eigenvalue weighted by atomic mass is 16.1. The Morgan fingerprint density at radius 1 is 1.30 bits per heavy atom. The highest BCUT2D eigenvalue weighted by Crippen LogP contribution is 2.28. The normalized spacial score (nSPS) is 10.4. The third kappa shape index (κ3) is 2.19. The topological polar surface area (TPSA) is 57.8 Å². The number of amides is 1. The molecule has 0 fully saturated rings. The van der Waals surface area contributed by atoms with Gasteiger partial charge in [-0.25, -0.2) is 4.98 Å². The van der Waals surface area contributed by atoms with Gasteiger partial charge in [0.15, 0.2) is 0 Å². The lowest BCUT2D eigenvalue weighted by Gasteiger charge is -2.07. The standard InChI is InChI=1S/C16H13N3O/c1-2-15(20)19-12-5-3-4-11(10-12)13-6-8-17-16-14(13)7-9-18-16/h2-10H,1H2,(H,17,18)(H,19,20). The molecule has 1 amide bonds. The number of benzene rings is 1. The van der Waals surface area contributed by atoms with Crippen LogP contribution >= 0.6 is 0 Å². The zero-order valence-electron chi connectivity index (χ0n) is 10.8. The first-order chi connectivity index (χ1) is 9.78. The average Bonchev–Trinajstić information content (AvgIpc) is 2.95. The summed E-state index contributed by atoms with van der Waals surface area (Å²) in [6.07, 6.45) is 4.89. The second kappa shape index (κ2) is 5.01. The second-order valence-electron chi connectivity index (χ2n) is 4.37. The quantitative estimate of drug-likeness (QED) is 0.712. The van der Waals surface area contributed by atoms with Crippen LogP contribution in [0.1, 0.15) is 0 Å². The summed E-state index contributed by atoms with van der Waals surface area (Å²) in [5.41, 5.74) is 3.70. The number of carbonyl (C=O) groups excluding carboxylic acids is 1. The largest absolute Gasteiger partial charge is 0.346 e. The van der Waals surface area contributed by atoms with Crippen LogP contribution in [0.5, 0.6) is 0 Å². The van der Waals surface area contributed by atoms with E-state index < -0.39 is 0 Å². The highest BCUT2D eigenvalue weighted by molar-refractivity contribution is 6.00. The number of aromatic amines is 1. The lowest BCUT2D eigenvalue weighted by molar-refractivity contribution is -0.111. The number of aromatic nitrogens is 2. The first-order valence-electron chi connectivity index (χ1n) is 6.24. The Morgan fingerprint density at radius 2 is 2.20 bits per heavy atom. The van der Waals surface area contributed by atoms with Crippen LogP contribution in [0.4, 0.5) is 5.69 Å². The molecule has 0 aliphatic rings. The molecule has 3 rings (SSSR count). The lowest BCUT2D eigenvalue weighted by atomic mass is 10.0. The summed E-state index contributed by atoms with van der Waals surface area (Å²) in [5, 5.41) is 3.82. The monoisotopic (exact) mass is 263 g/mol. The van der Waals surface area contributed by atoms with Gasteiger partial charge in [-0.05, 0) is 41.5 Å². The summed E-state index contributed by atoms with van der Waals surface area (Å²) in [6, 6.07) is 11.7. The third-order valence-corrected chi connectivity index (χ3v) is 3.09. The van der Waals surface area contributed by atoms with Gasteiger partial charge in [0.05, 0.1) is 0 Å². The van der Waals surface area contributed by atoms with Crippen molar-refractivity contribution in [2.75, 3.05) is 5.32 Å². The van der Waals surface area contributed by atoms with Gasteiger partial charge in [-0.1, -0.05) is 18.7 Å². The van der Waals surface area contributed by atoms with Crippen LogP contribution in [0.25, 0.3) is 22.2 Å². The number of hydrogen-bond acceptors (Lipinski definition) is 2. The maximum absolute atomic E-state index is 11.4. The molecule has 1 aromatic carbocycles. The number of anilines is 1. The molecule has 0 spiro atoms. The van der Waals surface area contributed by atoms with E-state index in [1.807, 2.05) is 42.6 Å². The molecule has 2 heterocycles. The minimum atomic E-state index is -0.219. The summed E-state index contributed by atoms with van der Waals surface area (Å²) in [4.78, 5) is 18.7. The maximum Gasteiger partial charge on any atom is 0.247 e. The van der Waals surface area contributed by atoms with E-state index in [0.29, 0.717) is 0 Å². The number of carbonyl (C=O) groups is 1. The van der Waals surface area contributed by atoms with E-state index in [4.69, 9.17) is 0 Å². The van der Waals surface area contributed by atoms with Crippen molar-refractivity contribution in [2.45, 2.75) is 0 Å². The Labute approximate surface area is 116 Å². The van der Waals surface area contributed by atoms with Crippen molar-refractivity contribution in [3.63, 3.8) is 0 Å². The van der Waals surface area contributed by atoms with E-state index in [0.717, 1.165) is 27.8 Å². The molecule has 0 unspecified atom stereocenters. The molecule has 4 heteroatoms. The van der Waals surface area contributed by atoms with Crippen molar-refractivity contribution < 1.29 is 4.79 Å². The van der Waals surface area contributed by atoms with Crippen LogP contribution in [0.2, 0.25) is 0 Å².